The standard InChI is InChI=1S/C23H45NO4.ClH/c1-3-4-5-6-7-8-9-10-11-12-13-14-15-16-17-18-21(25)19-22(23(26)27)28-20(2)24;/h10-11,20,22-23,26-27H,3-9,12-19,24H2,1-2H3;1H. The summed E-state index contributed by atoms with van der Waals surface area (Å²) >= 11 is 0. The van der Waals surface area contributed by atoms with Crippen molar-refractivity contribution in [2.45, 2.75) is 129 Å². The molecular weight excluding hydrogens is 390 g/mol. The van der Waals surface area contributed by atoms with Crippen LogP contribution in [-0.4, -0.2) is 34.6 Å². The summed E-state index contributed by atoms with van der Waals surface area (Å²) in [5.74, 6) is -0.00335. The van der Waals surface area contributed by atoms with Gasteiger partial charge < -0.3 is 20.7 Å². The topological polar surface area (TPSA) is 92.8 Å². The summed E-state index contributed by atoms with van der Waals surface area (Å²) in [6.45, 7) is 3.85. The van der Waals surface area contributed by atoms with E-state index in [-0.39, 0.29) is 24.6 Å². The molecule has 0 saturated heterocycles. The molecule has 29 heavy (non-hydrogen) atoms. The number of carbonyl (C=O) groups is 1. The molecule has 0 bridgehead atoms. The molecule has 0 aliphatic rings. The maximum Gasteiger partial charge on any atom is 0.178 e. The fourth-order valence-electron chi connectivity index (χ4n) is 3.22. The smallest absolute Gasteiger partial charge is 0.178 e. The number of rotatable bonds is 20. The van der Waals surface area contributed by atoms with Crippen LogP contribution in [0.3, 0.4) is 0 Å². The van der Waals surface area contributed by atoms with Crippen molar-refractivity contribution >= 4 is 18.2 Å². The number of ether oxygens (including phenoxy) is 1. The number of unbranched alkanes of at least 4 members (excludes halogenated alkanes) is 11. The van der Waals surface area contributed by atoms with E-state index < -0.39 is 18.6 Å². The highest BCUT2D eigenvalue weighted by molar-refractivity contribution is 5.85. The van der Waals surface area contributed by atoms with Gasteiger partial charge in [0.1, 0.15) is 18.1 Å². The molecule has 0 radical (unpaired) electrons. The van der Waals surface area contributed by atoms with Crippen LogP contribution in [0, 0.1) is 0 Å². The number of carbonyl (C=O) groups excluding carboxylic acids is 1. The van der Waals surface area contributed by atoms with Gasteiger partial charge in [0.05, 0.1) is 0 Å². The predicted octanol–water partition coefficient (Wildman–Crippen LogP) is 5.41. The molecule has 0 aromatic rings. The van der Waals surface area contributed by atoms with Crippen molar-refractivity contribution in [3.8, 4) is 0 Å². The lowest BCUT2D eigenvalue weighted by molar-refractivity contribution is -0.167. The number of nitrogens with two attached hydrogens (primary N) is 1. The second kappa shape index (κ2) is 22.2. The van der Waals surface area contributed by atoms with Gasteiger partial charge in [0, 0.05) is 12.8 Å². The van der Waals surface area contributed by atoms with Gasteiger partial charge >= 0.3 is 0 Å². The van der Waals surface area contributed by atoms with E-state index in [0.29, 0.717) is 6.42 Å². The molecule has 0 fully saturated rings. The van der Waals surface area contributed by atoms with Crippen LogP contribution in [-0.2, 0) is 9.53 Å². The van der Waals surface area contributed by atoms with Gasteiger partial charge in [-0.05, 0) is 39.0 Å². The van der Waals surface area contributed by atoms with Gasteiger partial charge in [-0.25, -0.2) is 0 Å². The van der Waals surface area contributed by atoms with Crippen molar-refractivity contribution < 1.29 is 19.7 Å². The highest BCUT2D eigenvalue weighted by Gasteiger charge is 2.22. The number of ketones is 1. The lowest BCUT2D eigenvalue weighted by atomic mass is 10.0. The molecule has 0 spiro atoms. The number of aliphatic hydroxyl groups is 2. The second-order valence-corrected chi connectivity index (χ2v) is 7.87. The summed E-state index contributed by atoms with van der Waals surface area (Å²) < 4.78 is 5.16. The molecule has 0 heterocycles. The second-order valence-electron chi connectivity index (χ2n) is 7.87. The van der Waals surface area contributed by atoms with Crippen LogP contribution < -0.4 is 5.73 Å². The summed E-state index contributed by atoms with van der Waals surface area (Å²) in [5, 5.41) is 18.5. The number of halogens is 1. The first-order chi connectivity index (χ1) is 13.5. The zero-order valence-corrected chi connectivity index (χ0v) is 19.5. The van der Waals surface area contributed by atoms with E-state index in [0.717, 1.165) is 25.7 Å². The third-order valence-electron chi connectivity index (χ3n) is 4.87. The maximum absolute atomic E-state index is 11.9. The fraction of sp³-hybridized carbons (Fsp3) is 0.870. The molecule has 0 aromatic heterocycles. The molecule has 174 valence electrons. The minimum atomic E-state index is -1.68. The Balaban J connectivity index is 0. The molecule has 2 atom stereocenters. The molecule has 5 nitrogen and oxygen atoms in total. The van der Waals surface area contributed by atoms with Gasteiger partial charge in [-0.2, -0.15) is 0 Å². The van der Waals surface area contributed by atoms with Gasteiger partial charge in [0.15, 0.2) is 6.29 Å². The molecule has 6 heteroatoms. The van der Waals surface area contributed by atoms with E-state index in [4.69, 9.17) is 10.5 Å². The highest BCUT2D eigenvalue weighted by Crippen LogP contribution is 2.12. The van der Waals surface area contributed by atoms with E-state index >= 15 is 0 Å². The average molecular weight is 436 g/mol. The van der Waals surface area contributed by atoms with Crippen molar-refractivity contribution in [2.24, 2.45) is 5.73 Å². The Hall–Kier alpha value is -0.460. The maximum atomic E-state index is 11.9. The molecule has 0 aromatic carbocycles. The molecule has 0 saturated carbocycles. The number of hydrogen-bond donors (Lipinski definition) is 3. The Kier molecular flexibility index (Phi) is 23.6. The summed E-state index contributed by atoms with van der Waals surface area (Å²) in [5.41, 5.74) is 5.48. The van der Waals surface area contributed by atoms with Gasteiger partial charge in [-0.1, -0.05) is 70.4 Å². The number of Topliss-reactive ketones (excluding diaryl/α,β-unsaturated/α-hetero) is 1. The third kappa shape index (κ3) is 22.1. The molecule has 4 N–H and O–H groups in total. The SMILES string of the molecule is CCCCCCCCC=CCCCCCCCC(=O)CC(OC(C)N)C(O)O.Cl. The summed E-state index contributed by atoms with van der Waals surface area (Å²) in [4.78, 5) is 11.9. The Morgan fingerprint density at radius 3 is 1.86 bits per heavy atom. The quantitative estimate of drug-likeness (QED) is 0.135. The Morgan fingerprint density at radius 1 is 0.897 bits per heavy atom. The monoisotopic (exact) mass is 435 g/mol. The van der Waals surface area contributed by atoms with Crippen LogP contribution >= 0.6 is 12.4 Å². The van der Waals surface area contributed by atoms with Crippen molar-refractivity contribution in [1.29, 1.82) is 0 Å². The van der Waals surface area contributed by atoms with Gasteiger partial charge in [-0.15, -0.1) is 12.4 Å². The van der Waals surface area contributed by atoms with Crippen LogP contribution in [0.15, 0.2) is 12.2 Å². The lowest BCUT2D eigenvalue weighted by Gasteiger charge is -2.21. The minimum Gasteiger partial charge on any atom is -0.366 e. The summed E-state index contributed by atoms with van der Waals surface area (Å²) in [6, 6.07) is 0. The zero-order valence-electron chi connectivity index (χ0n) is 18.7. The van der Waals surface area contributed by atoms with E-state index in [1.165, 1.54) is 57.8 Å². The average Bonchev–Trinajstić information content (AvgIpc) is 2.64. The van der Waals surface area contributed by atoms with Gasteiger partial charge in [0.25, 0.3) is 0 Å². The van der Waals surface area contributed by atoms with Crippen LogP contribution in [0.1, 0.15) is 110 Å². The van der Waals surface area contributed by atoms with Crippen LogP contribution in [0.4, 0.5) is 0 Å². The first-order valence-electron chi connectivity index (χ1n) is 11.4. The molecule has 0 aliphatic carbocycles. The fourth-order valence-corrected chi connectivity index (χ4v) is 3.22. The van der Waals surface area contributed by atoms with Gasteiger partial charge in [-0.3, -0.25) is 4.79 Å². The summed E-state index contributed by atoms with van der Waals surface area (Å²) in [7, 11) is 0. The van der Waals surface area contributed by atoms with Crippen LogP contribution in [0.2, 0.25) is 0 Å². The first kappa shape index (κ1) is 30.7. The molecular formula is C23H46ClNO4. The Bertz CT molecular complexity index is 389. The van der Waals surface area contributed by atoms with E-state index in [2.05, 4.69) is 19.1 Å². The normalized spacial score (nSPS) is 13.6. The predicted molar refractivity (Wildman–Crippen MR) is 123 cm³/mol. The third-order valence-corrected chi connectivity index (χ3v) is 4.87. The molecule has 2 unspecified atom stereocenters. The van der Waals surface area contributed by atoms with Crippen molar-refractivity contribution in [3.05, 3.63) is 12.2 Å². The van der Waals surface area contributed by atoms with E-state index in [1.54, 1.807) is 6.92 Å². The minimum absolute atomic E-state index is 0. The van der Waals surface area contributed by atoms with Gasteiger partial charge in [0.2, 0.25) is 0 Å². The Labute approximate surface area is 184 Å². The highest BCUT2D eigenvalue weighted by atomic mass is 35.5. The first-order valence-corrected chi connectivity index (χ1v) is 11.4. The van der Waals surface area contributed by atoms with Crippen LogP contribution in [0.25, 0.3) is 0 Å². The van der Waals surface area contributed by atoms with E-state index in [9.17, 15) is 15.0 Å². The van der Waals surface area contributed by atoms with E-state index in [1.807, 2.05) is 0 Å². The van der Waals surface area contributed by atoms with Crippen LogP contribution in [0.5, 0.6) is 0 Å². The van der Waals surface area contributed by atoms with Crippen molar-refractivity contribution in [2.75, 3.05) is 0 Å². The zero-order chi connectivity index (χ0) is 21.0. The number of hydrogen-bond acceptors (Lipinski definition) is 5. The van der Waals surface area contributed by atoms with Crippen molar-refractivity contribution in [1.82, 2.24) is 0 Å². The molecule has 0 amide bonds. The molecule has 0 rings (SSSR count). The number of allylic oxidation sites excluding steroid dienone is 2. The molecule has 0 aliphatic heterocycles. The lowest BCUT2D eigenvalue weighted by Crippen LogP contribution is -2.36. The number of aliphatic hydroxyl groups excluding tert-OH is 1. The Morgan fingerprint density at radius 2 is 1.38 bits per heavy atom. The largest absolute Gasteiger partial charge is 0.366 e. The summed E-state index contributed by atoms with van der Waals surface area (Å²) in [6.07, 6.45) is 17.8. The van der Waals surface area contributed by atoms with Crippen molar-refractivity contribution in [3.63, 3.8) is 0 Å².